The number of halogens is 2. The van der Waals surface area contributed by atoms with Crippen LogP contribution in [0.15, 0.2) is 16.7 Å². The summed E-state index contributed by atoms with van der Waals surface area (Å²) in [7, 11) is 0. The van der Waals surface area contributed by atoms with Crippen LogP contribution in [0.1, 0.15) is 26.2 Å². The van der Waals surface area contributed by atoms with Crippen molar-refractivity contribution in [2.75, 3.05) is 11.4 Å². The van der Waals surface area contributed by atoms with Gasteiger partial charge in [-0.05, 0) is 48.2 Å². The van der Waals surface area contributed by atoms with E-state index in [1.807, 2.05) is 6.07 Å². The number of rotatable bonds is 2. The molecule has 2 N–H and O–H groups in total. The summed E-state index contributed by atoms with van der Waals surface area (Å²) in [5, 5.41) is 0.648. The topological polar surface area (TPSA) is 42.1 Å². The highest BCUT2D eigenvalue weighted by Gasteiger charge is 2.29. The summed E-state index contributed by atoms with van der Waals surface area (Å²) in [6, 6.07) is 2.74. The molecular weight excluding hydrogens is 302 g/mol. The van der Waals surface area contributed by atoms with Gasteiger partial charge >= 0.3 is 0 Å². The van der Waals surface area contributed by atoms with Crippen molar-refractivity contribution in [2.45, 2.75) is 38.3 Å². The van der Waals surface area contributed by atoms with Gasteiger partial charge < -0.3 is 10.6 Å². The summed E-state index contributed by atoms with van der Waals surface area (Å²) in [5.41, 5.74) is 5.86. The summed E-state index contributed by atoms with van der Waals surface area (Å²) in [6.45, 7) is 2.89. The Morgan fingerprint density at radius 2 is 2.35 bits per heavy atom. The van der Waals surface area contributed by atoms with E-state index in [9.17, 15) is 0 Å². The molecule has 1 fully saturated rings. The summed E-state index contributed by atoms with van der Waals surface area (Å²) in [4.78, 5) is 6.76. The minimum atomic E-state index is 0.378. The molecule has 94 valence electrons. The monoisotopic (exact) mass is 317 g/mol. The third kappa shape index (κ3) is 2.75. The van der Waals surface area contributed by atoms with E-state index in [-0.39, 0.29) is 0 Å². The lowest BCUT2D eigenvalue weighted by molar-refractivity contribution is 0.397. The normalized spacial score (nSPS) is 25.1. The van der Waals surface area contributed by atoms with Crippen molar-refractivity contribution in [3.63, 3.8) is 0 Å². The molecule has 2 rings (SSSR count). The van der Waals surface area contributed by atoms with Crippen molar-refractivity contribution in [2.24, 2.45) is 5.73 Å². The molecule has 2 unspecified atom stereocenters. The quantitative estimate of drug-likeness (QED) is 0.910. The highest BCUT2D eigenvalue weighted by molar-refractivity contribution is 9.10. The molecule has 1 aromatic rings. The molecule has 1 aromatic heterocycles. The second-order valence-electron chi connectivity index (χ2n) is 4.54. The van der Waals surface area contributed by atoms with Crippen molar-refractivity contribution in [1.82, 2.24) is 4.98 Å². The Kier molecular flexibility index (Phi) is 4.28. The van der Waals surface area contributed by atoms with Gasteiger partial charge in [0.15, 0.2) is 0 Å². The van der Waals surface area contributed by atoms with E-state index in [4.69, 9.17) is 17.3 Å². The van der Waals surface area contributed by atoms with Gasteiger partial charge in [-0.25, -0.2) is 4.98 Å². The third-order valence-corrected chi connectivity index (χ3v) is 4.12. The van der Waals surface area contributed by atoms with Gasteiger partial charge in [-0.15, -0.1) is 0 Å². The Morgan fingerprint density at radius 3 is 3.00 bits per heavy atom. The molecule has 1 aliphatic rings. The average Bonchev–Trinajstić information content (AvgIpc) is 2.30. The van der Waals surface area contributed by atoms with Crippen molar-refractivity contribution < 1.29 is 0 Å². The molecule has 0 saturated carbocycles. The second kappa shape index (κ2) is 5.55. The first-order chi connectivity index (χ1) is 8.13. The van der Waals surface area contributed by atoms with Crippen LogP contribution < -0.4 is 10.6 Å². The van der Waals surface area contributed by atoms with Gasteiger partial charge in [0.1, 0.15) is 5.82 Å². The second-order valence-corrected chi connectivity index (χ2v) is 5.83. The Hall–Kier alpha value is -0.320. The van der Waals surface area contributed by atoms with Crippen LogP contribution >= 0.6 is 27.5 Å². The first-order valence-electron chi connectivity index (χ1n) is 5.93. The molecule has 0 aromatic carbocycles. The molecule has 0 spiro atoms. The first kappa shape index (κ1) is 13.1. The van der Waals surface area contributed by atoms with E-state index >= 15 is 0 Å². The van der Waals surface area contributed by atoms with E-state index in [2.05, 4.69) is 32.7 Å². The fourth-order valence-electron chi connectivity index (χ4n) is 2.50. The largest absolute Gasteiger partial charge is 0.349 e. The van der Waals surface area contributed by atoms with Crippen molar-refractivity contribution in [3.8, 4) is 0 Å². The number of nitrogens with zero attached hydrogens (tertiary/aromatic N) is 2. The Morgan fingerprint density at radius 1 is 1.59 bits per heavy atom. The number of hydrogen-bond acceptors (Lipinski definition) is 3. The molecular formula is C12H17BrClN3. The summed E-state index contributed by atoms with van der Waals surface area (Å²) >= 11 is 9.46. The minimum Gasteiger partial charge on any atom is -0.349 e. The van der Waals surface area contributed by atoms with Crippen LogP contribution in [0.4, 0.5) is 5.82 Å². The Bertz CT molecular complexity index is 399. The standard InChI is InChI=1S/C12H17BrClN3/c1-8-3-2-4-10(6-15)17(8)12-11(13)5-9(14)7-16-12/h5,7-8,10H,2-4,6,15H2,1H3. The molecule has 1 aliphatic heterocycles. The zero-order chi connectivity index (χ0) is 12.4. The number of piperidine rings is 1. The highest BCUT2D eigenvalue weighted by Crippen LogP contribution is 2.33. The Labute approximate surface area is 115 Å². The fraction of sp³-hybridized carbons (Fsp3) is 0.583. The maximum Gasteiger partial charge on any atom is 0.143 e. The lowest BCUT2D eigenvalue weighted by atomic mass is 9.96. The van der Waals surface area contributed by atoms with Gasteiger partial charge in [-0.3, -0.25) is 0 Å². The average molecular weight is 319 g/mol. The van der Waals surface area contributed by atoms with Gasteiger partial charge in [-0.1, -0.05) is 11.6 Å². The maximum absolute atomic E-state index is 5.93. The van der Waals surface area contributed by atoms with Crippen LogP contribution in [0.25, 0.3) is 0 Å². The molecule has 3 nitrogen and oxygen atoms in total. The SMILES string of the molecule is CC1CCCC(CN)N1c1ncc(Cl)cc1Br. The minimum absolute atomic E-state index is 0.378. The molecule has 0 bridgehead atoms. The summed E-state index contributed by atoms with van der Waals surface area (Å²) in [5.74, 6) is 0.956. The van der Waals surface area contributed by atoms with E-state index in [1.54, 1.807) is 6.20 Å². The van der Waals surface area contributed by atoms with Crippen molar-refractivity contribution >= 4 is 33.3 Å². The third-order valence-electron chi connectivity index (χ3n) is 3.33. The maximum atomic E-state index is 5.93. The predicted molar refractivity (Wildman–Crippen MR) is 75.6 cm³/mol. The smallest absolute Gasteiger partial charge is 0.143 e. The zero-order valence-electron chi connectivity index (χ0n) is 9.87. The molecule has 1 saturated heterocycles. The van der Waals surface area contributed by atoms with Crippen LogP contribution in [-0.4, -0.2) is 23.6 Å². The molecule has 0 radical (unpaired) electrons. The van der Waals surface area contributed by atoms with Crippen LogP contribution in [-0.2, 0) is 0 Å². The number of hydrogen-bond donors (Lipinski definition) is 1. The van der Waals surface area contributed by atoms with Gasteiger partial charge in [0.25, 0.3) is 0 Å². The lowest BCUT2D eigenvalue weighted by Crippen LogP contribution is -2.49. The van der Waals surface area contributed by atoms with E-state index in [0.717, 1.165) is 16.7 Å². The molecule has 2 heterocycles. The van der Waals surface area contributed by atoms with Gasteiger partial charge in [0.2, 0.25) is 0 Å². The van der Waals surface area contributed by atoms with Crippen LogP contribution in [0, 0.1) is 0 Å². The lowest BCUT2D eigenvalue weighted by Gasteiger charge is -2.41. The number of nitrogens with two attached hydrogens (primary N) is 1. The highest BCUT2D eigenvalue weighted by atomic mass is 79.9. The van der Waals surface area contributed by atoms with Gasteiger partial charge in [0.05, 0.1) is 9.50 Å². The van der Waals surface area contributed by atoms with Gasteiger partial charge in [0, 0.05) is 24.8 Å². The molecule has 0 amide bonds. The predicted octanol–water partition coefficient (Wildman–Crippen LogP) is 3.20. The van der Waals surface area contributed by atoms with Crippen molar-refractivity contribution in [1.29, 1.82) is 0 Å². The van der Waals surface area contributed by atoms with E-state index < -0.39 is 0 Å². The van der Waals surface area contributed by atoms with Gasteiger partial charge in [-0.2, -0.15) is 0 Å². The number of anilines is 1. The Balaban J connectivity index is 2.34. The summed E-state index contributed by atoms with van der Waals surface area (Å²) in [6.07, 6.45) is 5.26. The molecule has 17 heavy (non-hydrogen) atoms. The van der Waals surface area contributed by atoms with Crippen LogP contribution in [0.5, 0.6) is 0 Å². The van der Waals surface area contributed by atoms with E-state index in [1.165, 1.54) is 12.8 Å². The van der Waals surface area contributed by atoms with Crippen molar-refractivity contribution in [3.05, 3.63) is 21.8 Å². The number of pyridine rings is 1. The molecule has 5 heteroatoms. The molecule has 2 atom stereocenters. The van der Waals surface area contributed by atoms with Crippen LogP contribution in [0.3, 0.4) is 0 Å². The zero-order valence-corrected chi connectivity index (χ0v) is 12.2. The number of aromatic nitrogens is 1. The molecule has 0 aliphatic carbocycles. The fourth-order valence-corrected chi connectivity index (χ4v) is 3.34. The first-order valence-corrected chi connectivity index (χ1v) is 7.10. The summed E-state index contributed by atoms with van der Waals surface area (Å²) < 4.78 is 0.942. The van der Waals surface area contributed by atoms with E-state index in [0.29, 0.717) is 23.7 Å². The van der Waals surface area contributed by atoms with Crippen LogP contribution in [0.2, 0.25) is 5.02 Å².